The fraction of sp³-hybridized carbons (Fsp3) is 1.00. The van der Waals surface area contributed by atoms with E-state index in [1.807, 2.05) is 4.90 Å². The van der Waals surface area contributed by atoms with Crippen LogP contribution in [-0.4, -0.2) is 53.5 Å². The van der Waals surface area contributed by atoms with Gasteiger partial charge in [-0.3, -0.25) is 9.80 Å². The van der Waals surface area contributed by atoms with E-state index in [0.29, 0.717) is 12.6 Å². The molecule has 2 aliphatic heterocycles. The largest absolute Gasteiger partial charge is 0.295 e. The van der Waals surface area contributed by atoms with Gasteiger partial charge in [0.05, 0.1) is 6.54 Å². The Morgan fingerprint density at radius 2 is 1.80 bits per heavy atom. The molecule has 0 N–H and O–H groups in total. The second-order valence-corrected chi connectivity index (χ2v) is 5.81. The topological polar surface area (TPSA) is 6.48 Å². The number of likely N-dealkylation sites (tertiary alicyclic amines) is 2. The summed E-state index contributed by atoms with van der Waals surface area (Å²) in [5.41, 5.74) is 0.179. The minimum Gasteiger partial charge on any atom is -0.295 e. The van der Waals surface area contributed by atoms with Crippen molar-refractivity contribution in [2.75, 3.05) is 26.2 Å². The van der Waals surface area contributed by atoms with Crippen molar-refractivity contribution in [3.8, 4) is 0 Å². The van der Waals surface area contributed by atoms with Crippen LogP contribution in [0.15, 0.2) is 0 Å². The van der Waals surface area contributed by atoms with E-state index in [2.05, 4.69) is 25.7 Å². The Kier molecular flexibility index (Phi) is 2.54. The molecule has 0 aliphatic carbocycles. The number of hydrogen-bond acceptors (Lipinski definition) is 2. The molecular weight excluding hydrogens is 198 g/mol. The monoisotopic (exact) mass is 218 g/mol. The molecule has 0 amide bonds. The Labute approximate surface area is 90.2 Å². The molecule has 2 nitrogen and oxygen atoms in total. The minimum atomic E-state index is -2.44. The number of rotatable bonds is 1. The summed E-state index contributed by atoms with van der Waals surface area (Å²) in [6.07, 6.45) is 0.0407. The predicted octanol–water partition coefficient (Wildman–Crippen LogP) is 1.81. The van der Waals surface area contributed by atoms with Crippen LogP contribution >= 0.6 is 0 Å². The van der Waals surface area contributed by atoms with E-state index in [9.17, 15) is 8.78 Å². The van der Waals surface area contributed by atoms with Crippen LogP contribution in [0.2, 0.25) is 0 Å². The molecule has 0 atom stereocenters. The van der Waals surface area contributed by atoms with Gasteiger partial charge in [-0.05, 0) is 20.8 Å². The summed E-state index contributed by atoms with van der Waals surface area (Å²) < 4.78 is 26.0. The number of alkyl halides is 2. The Bertz CT molecular complexity index is 241. The lowest BCUT2D eigenvalue weighted by molar-refractivity contribution is -0.0366. The molecular formula is C11H20F2N2. The fourth-order valence-electron chi connectivity index (χ4n) is 2.31. The van der Waals surface area contributed by atoms with Crippen molar-refractivity contribution in [3.63, 3.8) is 0 Å². The molecule has 15 heavy (non-hydrogen) atoms. The highest BCUT2D eigenvalue weighted by Crippen LogP contribution is 2.32. The zero-order valence-electron chi connectivity index (χ0n) is 9.76. The first kappa shape index (κ1) is 11.3. The number of hydrogen-bond donors (Lipinski definition) is 0. The maximum absolute atomic E-state index is 13.0. The Balaban J connectivity index is 1.81. The van der Waals surface area contributed by atoms with E-state index in [4.69, 9.17) is 0 Å². The van der Waals surface area contributed by atoms with E-state index >= 15 is 0 Å². The number of halogens is 2. The molecule has 88 valence electrons. The quantitative estimate of drug-likeness (QED) is 0.662. The first-order chi connectivity index (χ1) is 6.78. The van der Waals surface area contributed by atoms with E-state index < -0.39 is 5.92 Å². The van der Waals surface area contributed by atoms with Crippen LogP contribution in [0.1, 0.15) is 27.2 Å². The first-order valence-electron chi connectivity index (χ1n) is 5.65. The second kappa shape index (κ2) is 3.39. The van der Waals surface area contributed by atoms with Crippen molar-refractivity contribution < 1.29 is 8.78 Å². The van der Waals surface area contributed by atoms with Crippen LogP contribution in [0, 0.1) is 0 Å². The smallest absolute Gasteiger partial charge is 0.261 e. The molecule has 2 fully saturated rings. The Morgan fingerprint density at radius 3 is 2.20 bits per heavy atom. The van der Waals surface area contributed by atoms with Crippen molar-refractivity contribution >= 4 is 0 Å². The van der Waals surface area contributed by atoms with Gasteiger partial charge in [-0.1, -0.05) is 0 Å². The van der Waals surface area contributed by atoms with Crippen LogP contribution in [0.25, 0.3) is 0 Å². The van der Waals surface area contributed by atoms with Gasteiger partial charge in [0.25, 0.3) is 5.92 Å². The molecule has 2 saturated heterocycles. The number of nitrogens with zero attached hydrogens (tertiary/aromatic N) is 2. The molecule has 0 saturated carbocycles. The second-order valence-electron chi connectivity index (χ2n) is 5.81. The highest BCUT2D eigenvalue weighted by atomic mass is 19.3. The van der Waals surface area contributed by atoms with Gasteiger partial charge in [0.1, 0.15) is 0 Å². The zero-order chi connectivity index (χ0) is 11.3. The summed E-state index contributed by atoms with van der Waals surface area (Å²) in [5.74, 6) is -2.44. The van der Waals surface area contributed by atoms with Gasteiger partial charge in [-0.15, -0.1) is 0 Å². The maximum Gasteiger partial charge on any atom is 0.261 e. The Morgan fingerprint density at radius 1 is 1.20 bits per heavy atom. The maximum atomic E-state index is 13.0. The highest BCUT2D eigenvalue weighted by molar-refractivity contribution is 4.97. The summed E-state index contributed by atoms with van der Waals surface area (Å²) in [6.45, 7) is 8.93. The summed E-state index contributed by atoms with van der Waals surface area (Å²) in [4.78, 5) is 4.29. The van der Waals surface area contributed by atoms with E-state index in [1.165, 1.54) is 0 Å². The van der Waals surface area contributed by atoms with Gasteiger partial charge in [-0.25, -0.2) is 8.78 Å². The SMILES string of the molecule is CC(C)(C)N1CC(N2CCC(F)(F)C2)C1. The molecule has 2 aliphatic rings. The van der Waals surface area contributed by atoms with Gasteiger partial charge in [0.15, 0.2) is 0 Å². The van der Waals surface area contributed by atoms with Crippen LogP contribution in [-0.2, 0) is 0 Å². The highest BCUT2D eigenvalue weighted by Gasteiger charge is 2.45. The molecule has 0 bridgehead atoms. The molecule has 0 radical (unpaired) electrons. The first-order valence-corrected chi connectivity index (χ1v) is 5.65. The Hall–Kier alpha value is -0.220. The molecule has 0 aromatic heterocycles. The summed E-state index contributed by atoms with van der Waals surface area (Å²) in [7, 11) is 0. The normalized spacial score (nSPS) is 29.4. The lowest BCUT2D eigenvalue weighted by Gasteiger charge is -2.50. The van der Waals surface area contributed by atoms with Crippen LogP contribution in [0.3, 0.4) is 0 Å². The predicted molar refractivity (Wildman–Crippen MR) is 56.3 cm³/mol. The van der Waals surface area contributed by atoms with Crippen molar-refractivity contribution in [2.24, 2.45) is 0 Å². The van der Waals surface area contributed by atoms with Crippen molar-refractivity contribution in [3.05, 3.63) is 0 Å². The third kappa shape index (κ3) is 2.31. The third-order valence-corrected chi connectivity index (χ3v) is 3.53. The van der Waals surface area contributed by atoms with Crippen LogP contribution in [0.5, 0.6) is 0 Å². The van der Waals surface area contributed by atoms with Gasteiger partial charge in [0.2, 0.25) is 0 Å². The van der Waals surface area contributed by atoms with Crippen LogP contribution in [0.4, 0.5) is 8.78 Å². The molecule has 2 heterocycles. The summed E-state index contributed by atoms with van der Waals surface area (Å²) in [6, 6.07) is 0.359. The van der Waals surface area contributed by atoms with Gasteiger partial charge >= 0.3 is 0 Å². The molecule has 0 aromatic carbocycles. The van der Waals surface area contributed by atoms with Gasteiger partial charge in [0, 0.05) is 37.6 Å². The fourth-order valence-corrected chi connectivity index (χ4v) is 2.31. The van der Waals surface area contributed by atoms with E-state index in [1.54, 1.807) is 0 Å². The molecule has 2 rings (SSSR count). The van der Waals surface area contributed by atoms with Crippen molar-refractivity contribution in [1.82, 2.24) is 9.80 Å². The standard InChI is InChI=1S/C11H20F2N2/c1-10(2,3)15-6-9(7-15)14-5-4-11(12,13)8-14/h9H,4-8H2,1-3H3. The molecule has 0 aromatic rings. The van der Waals surface area contributed by atoms with Gasteiger partial charge in [-0.2, -0.15) is 0 Å². The molecule has 0 unspecified atom stereocenters. The van der Waals surface area contributed by atoms with Crippen molar-refractivity contribution in [1.29, 1.82) is 0 Å². The lowest BCUT2D eigenvalue weighted by Crippen LogP contribution is -2.64. The van der Waals surface area contributed by atoms with E-state index in [0.717, 1.165) is 13.1 Å². The van der Waals surface area contributed by atoms with Crippen LogP contribution < -0.4 is 0 Å². The van der Waals surface area contributed by atoms with Crippen molar-refractivity contribution in [2.45, 2.75) is 44.7 Å². The minimum absolute atomic E-state index is 0.0321. The van der Waals surface area contributed by atoms with E-state index in [-0.39, 0.29) is 18.5 Å². The summed E-state index contributed by atoms with van der Waals surface area (Å²) >= 11 is 0. The average Bonchev–Trinajstić information content (AvgIpc) is 2.23. The average molecular weight is 218 g/mol. The third-order valence-electron chi connectivity index (χ3n) is 3.53. The zero-order valence-corrected chi connectivity index (χ0v) is 9.76. The molecule has 4 heteroatoms. The van der Waals surface area contributed by atoms with Gasteiger partial charge < -0.3 is 0 Å². The molecule has 0 spiro atoms. The summed E-state index contributed by atoms with van der Waals surface area (Å²) in [5, 5.41) is 0. The lowest BCUT2D eigenvalue weighted by atomic mass is 9.97.